The Morgan fingerprint density at radius 2 is 1.75 bits per heavy atom. The Kier molecular flexibility index (Phi) is 9.13. The highest BCUT2D eigenvalue weighted by molar-refractivity contribution is 8.04. The number of hydrogen-bond donors (Lipinski definition) is 4. The van der Waals surface area contributed by atoms with Crippen LogP contribution in [0.3, 0.4) is 0 Å². The molecular formula is C26H29N3O6S. The summed E-state index contributed by atoms with van der Waals surface area (Å²) in [6.45, 7) is 3.51. The Morgan fingerprint density at radius 1 is 1.03 bits per heavy atom. The second-order valence-electron chi connectivity index (χ2n) is 8.30. The van der Waals surface area contributed by atoms with Crippen molar-refractivity contribution in [3.05, 3.63) is 75.2 Å². The molecule has 1 heterocycles. The van der Waals surface area contributed by atoms with Gasteiger partial charge in [0, 0.05) is 30.0 Å². The summed E-state index contributed by atoms with van der Waals surface area (Å²) in [7, 11) is 1.21. The average molecular weight is 512 g/mol. The lowest BCUT2D eigenvalue weighted by Gasteiger charge is -2.19. The maximum absolute atomic E-state index is 13.1. The quantitative estimate of drug-likeness (QED) is 0.380. The average Bonchev–Trinajstić information content (AvgIpc) is 3.39. The lowest BCUT2D eigenvalue weighted by Crippen LogP contribution is -2.49. The standard InChI is InChI=1S/C26H29N3O6S/c1-15-10-18(23(31)27-13-17-6-4-7-19(30)12-17)11-16(2)22(15)25(33)29-20(26(34)35-3)14-28-24(32)21-8-5-9-36-21/h4,6-8,10-12,20,30H,5,9,13-14H2,1-3H3,(H,27,31)(H,28,32)(H,29,33)/t20-/m0/s1. The summed E-state index contributed by atoms with van der Waals surface area (Å²) in [6, 6.07) is 8.70. The minimum Gasteiger partial charge on any atom is -0.508 e. The van der Waals surface area contributed by atoms with Crippen molar-refractivity contribution in [2.45, 2.75) is 32.9 Å². The molecule has 190 valence electrons. The summed E-state index contributed by atoms with van der Waals surface area (Å²) in [5.74, 6) is -0.878. The summed E-state index contributed by atoms with van der Waals surface area (Å²) in [6.07, 6.45) is 2.65. The molecule has 0 bridgehead atoms. The number of amides is 3. The van der Waals surface area contributed by atoms with Crippen LogP contribution < -0.4 is 16.0 Å². The molecule has 0 aromatic heterocycles. The summed E-state index contributed by atoms with van der Waals surface area (Å²) in [5, 5.41) is 17.7. The van der Waals surface area contributed by atoms with Crippen molar-refractivity contribution in [2.24, 2.45) is 0 Å². The molecule has 0 unspecified atom stereocenters. The van der Waals surface area contributed by atoms with Crippen molar-refractivity contribution in [3.63, 3.8) is 0 Å². The minimum atomic E-state index is -1.08. The van der Waals surface area contributed by atoms with Crippen LogP contribution in [0.5, 0.6) is 5.75 Å². The highest BCUT2D eigenvalue weighted by atomic mass is 32.2. The van der Waals surface area contributed by atoms with Crippen LogP contribution in [0.25, 0.3) is 0 Å². The molecule has 0 spiro atoms. The Hall–Kier alpha value is -3.79. The van der Waals surface area contributed by atoms with Gasteiger partial charge in [0.15, 0.2) is 0 Å². The van der Waals surface area contributed by atoms with E-state index in [1.54, 1.807) is 50.2 Å². The monoisotopic (exact) mass is 511 g/mol. The van der Waals surface area contributed by atoms with Gasteiger partial charge in [0.1, 0.15) is 11.8 Å². The number of carbonyl (C=O) groups is 4. The first-order valence-electron chi connectivity index (χ1n) is 11.4. The van der Waals surface area contributed by atoms with E-state index in [0.717, 1.165) is 17.7 Å². The molecule has 9 nitrogen and oxygen atoms in total. The molecule has 1 atom stereocenters. The number of thioether (sulfide) groups is 1. The third kappa shape index (κ3) is 6.88. The number of esters is 1. The lowest BCUT2D eigenvalue weighted by atomic mass is 9.98. The van der Waals surface area contributed by atoms with Gasteiger partial charge in [-0.15, -0.1) is 11.8 Å². The van der Waals surface area contributed by atoms with Crippen LogP contribution in [-0.4, -0.2) is 54.2 Å². The smallest absolute Gasteiger partial charge is 0.330 e. The molecule has 3 rings (SSSR count). The molecular weight excluding hydrogens is 482 g/mol. The molecule has 4 N–H and O–H groups in total. The maximum atomic E-state index is 13.1. The van der Waals surface area contributed by atoms with Gasteiger partial charge in [-0.05, 0) is 61.2 Å². The Bertz CT molecular complexity index is 1190. The molecule has 0 saturated heterocycles. The predicted molar refractivity (Wildman–Crippen MR) is 137 cm³/mol. The Morgan fingerprint density at radius 3 is 2.36 bits per heavy atom. The molecule has 3 amide bonds. The van der Waals surface area contributed by atoms with E-state index in [9.17, 15) is 24.3 Å². The van der Waals surface area contributed by atoms with E-state index in [4.69, 9.17) is 4.74 Å². The molecule has 0 saturated carbocycles. The zero-order valence-electron chi connectivity index (χ0n) is 20.3. The number of aryl methyl sites for hydroxylation is 2. The minimum absolute atomic E-state index is 0.114. The molecule has 2 aromatic carbocycles. The number of nitrogens with one attached hydrogen (secondary N) is 3. The van der Waals surface area contributed by atoms with Gasteiger partial charge in [0.2, 0.25) is 0 Å². The fourth-order valence-electron chi connectivity index (χ4n) is 3.83. The van der Waals surface area contributed by atoms with Gasteiger partial charge in [-0.2, -0.15) is 0 Å². The maximum Gasteiger partial charge on any atom is 0.330 e. The highest BCUT2D eigenvalue weighted by Gasteiger charge is 2.26. The molecule has 2 aromatic rings. The molecule has 1 aliphatic heterocycles. The van der Waals surface area contributed by atoms with E-state index in [0.29, 0.717) is 27.2 Å². The van der Waals surface area contributed by atoms with Crippen molar-refractivity contribution >= 4 is 35.5 Å². The second-order valence-corrected chi connectivity index (χ2v) is 9.44. The van der Waals surface area contributed by atoms with Crippen LogP contribution in [0.4, 0.5) is 0 Å². The lowest BCUT2D eigenvalue weighted by molar-refractivity contribution is -0.142. The molecule has 0 radical (unpaired) electrons. The Labute approximate surface area is 213 Å². The molecule has 10 heteroatoms. The number of carbonyl (C=O) groups excluding carboxylic acids is 4. The number of ether oxygens (including phenoxy) is 1. The van der Waals surface area contributed by atoms with E-state index in [2.05, 4.69) is 16.0 Å². The van der Waals surface area contributed by atoms with E-state index in [1.807, 2.05) is 6.08 Å². The van der Waals surface area contributed by atoms with Crippen LogP contribution in [0.1, 0.15) is 43.8 Å². The number of benzene rings is 2. The summed E-state index contributed by atoms with van der Waals surface area (Å²) in [5.41, 5.74) is 2.55. The van der Waals surface area contributed by atoms with Gasteiger partial charge in [-0.3, -0.25) is 14.4 Å². The van der Waals surface area contributed by atoms with Crippen LogP contribution in [0.2, 0.25) is 0 Å². The van der Waals surface area contributed by atoms with E-state index < -0.39 is 17.9 Å². The van der Waals surface area contributed by atoms with Crippen LogP contribution in [0, 0.1) is 13.8 Å². The van der Waals surface area contributed by atoms with E-state index >= 15 is 0 Å². The second kappa shape index (κ2) is 12.3. The largest absolute Gasteiger partial charge is 0.508 e. The summed E-state index contributed by atoms with van der Waals surface area (Å²) in [4.78, 5) is 50.9. The first kappa shape index (κ1) is 26.8. The van der Waals surface area contributed by atoms with Crippen molar-refractivity contribution in [1.29, 1.82) is 0 Å². The first-order valence-corrected chi connectivity index (χ1v) is 12.4. The van der Waals surface area contributed by atoms with Gasteiger partial charge < -0.3 is 25.8 Å². The van der Waals surface area contributed by atoms with Gasteiger partial charge in [-0.25, -0.2) is 4.79 Å². The predicted octanol–water partition coefficient (Wildman–Crippen LogP) is 2.35. The van der Waals surface area contributed by atoms with E-state index in [1.165, 1.54) is 18.9 Å². The van der Waals surface area contributed by atoms with Crippen LogP contribution >= 0.6 is 11.8 Å². The van der Waals surface area contributed by atoms with Gasteiger partial charge in [0.25, 0.3) is 17.7 Å². The number of hydrogen-bond acceptors (Lipinski definition) is 7. The van der Waals surface area contributed by atoms with Gasteiger partial charge in [-0.1, -0.05) is 18.2 Å². The molecule has 0 aliphatic carbocycles. The number of aromatic hydroxyl groups is 1. The molecule has 0 fully saturated rings. The Balaban J connectivity index is 1.67. The first-order chi connectivity index (χ1) is 17.2. The molecule has 1 aliphatic rings. The van der Waals surface area contributed by atoms with Crippen LogP contribution in [-0.2, 0) is 20.9 Å². The normalized spacial score (nSPS) is 13.4. The number of phenolic OH excluding ortho intramolecular Hbond substituents is 1. The summed E-state index contributed by atoms with van der Waals surface area (Å²) < 4.78 is 4.80. The fourth-order valence-corrected chi connectivity index (χ4v) is 4.72. The van der Waals surface area contributed by atoms with Crippen LogP contribution in [0.15, 0.2) is 47.4 Å². The third-order valence-corrected chi connectivity index (χ3v) is 6.68. The third-order valence-electron chi connectivity index (χ3n) is 5.57. The van der Waals surface area contributed by atoms with Crippen molar-refractivity contribution in [3.8, 4) is 5.75 Å². The zero-order valence-corrected chi connectivity index (χ0v) is 21.2. The van der Waals surface area contributed by atoms with E-state index in [-0.39, 0.29) is 30.7 Å². The summed E-state index contributed by atoms with van der Waals surface area (Å²) >= 11 is 1.44. The van der Waals surface area contributed by atoms with Gasteiger partial charge >= 0.3 is 5.97 Å². The molecule has 36 heavy (non-hydrogen) atoms. The number of rotatable bonds is 9. The zero-order chi connectivity index (χ0) is 26.2. The van der Waals surface area contributed by atoms with Crippen molar-refractivity contribution < 1.29 is 29.0 Å². The number of methoxy groups -OCH3 is 1. The van der Waals surface area contributed by atoms with Gasteiger partial charge in [0.05, 0.1) is 12.0 Å². The number of allylic oxidation sites excluding steroid dienone is 1. The highest BCUT2D eigenvalue weighted by Crippen LogP contribution is 2.24. The topological polar surface area (TPSA) is 134 Å². The van der Waals surface area contributed by atoms with Crippen molar-refractivity contribution in [2.75, 3.05) is 19.4 Å². The SMILES string of the molecule is COC(=O)[C@H](CNC(=O)C1=CCCS1)NC(=O)c1c(C)cc(C(=O)NCc2cccc(O)c2)cc1C. The fraction of sp³-hybridized carbons (Fsp3) is 0.308. The van der Waals surface area contributed by atoms with Crippen molar-refractivity contribution in [1.82, 2.24) is 16.0 Å². The number of phenols is 1.